The number of halogens is 1. The number of nitrogens with one attached hydrogen (secondary N) is 2. The molecule has 0 saturated carbocycles. The maximum atomic E-state index is 12.0. The largest absolute Gasteiger partial charge is 0.383 e. The van der Waals surface area contributed by atoms with Crippen LogP contribution in [0.15, 0.2) is 72.9 Å². The molecule has 5 heteroatoms. The van der Waals surface area contributed by atoms with Gasteiger partial charge in [0.05, 0.1) is 11.9 Å². The van der Waals surface area contributed by atoms with E-state index >= 15 is 0 Å². The topological polar surface area (TPSA) is 54.0 Å². The van der Waals surface area contributed by atoms with E-state index in [1.54, 1.807) is 6.20 Å². The number of aryl methyl sites for hydroxylation is 1. The fraction of sp³-hybridized carbons (Fsp3) is 0.182. The van der Waals surface area contributed by atoms with E-state index in [-0.39, 0.29) is 5.91 Å². The van der Waals surface area contributed by atoms with Crippen LogP contribution in [0.1, 0.15) is 17.5 Å². The molecule has 0 aliphatic heterocycles. The number of nitrogens with zero attached hydrogens (tertiary/aromatic N) is 1. The van der Waals surface area contributed by atoms with Crippen molar-refractivity contribution in [3.63, 3.8) is 0 Å². The van der Waals surface area contributed by atoms with Gasteiger partial charge in [-0.3, -0.25) is 4.79 Å². The Hall–Kier alpha value is -2.85. The van der Waals surface area contributed by atoms with E-state index in [4.69, 9.17) is 11.6 Å². The third kappa shape index (κ3) is 6.42. The third-order valence-electron chi connectivity index (χ3n) is 4.15. The molecule has 138 valence electrons. The van der Waals surface area contributed by atoms with E-state index in [0.29, 0.717) is 12.2 Å². The zero-order valence-corrected chi connectivity index (χ0v) is 15.7. The van der Waals surface area contributed by atoms with Crippen molar-refractivity contribution in [3.8, 4) is 0 Å². The molecule has 3 rings (SSSR count). The van der Waals surface area contributed by atoms with Crippen LogP contribution in [0.4, 0.5) is 11.5 Å². The van der Waals surface area contributed by atoms with Crippen molar-refractivity contribution in [1.82, 2.24) is 4.98 Å². The van der Waals surface area contributed by atoms with Gasteiger partial charge in [0.2, 0.25) is 5.91 Å². The maximum absolute atomic E-state index is 12.0. The minimum absolute atomic E-state index is 0.0342. The van der Waals surface area contributed by atoms with E-state index in [0.717, 1.165) is 35.7 Å². The van der Waals surface area contributed by atoms with Crippen molar-refractivity contribution >= 4 is 29.0 Å². The van der Waals surface area contributed by atoms with Crippen LogP contribution in [-0.4, -0.2) is 17.4 Å². The van der Waals surface area contributed by atoms with Crippen molar-refractivity contribution in [2.75, 3.05) is 17.2 Å². The molecule has 0 saturated heterocycles. The van der Waals surface area contributed by atoms with Gasteiger partial charge in [0.1, 0.15) is 5.82 Å². The van der Waals surface area contributed by atoms with Crippen LogP contribution in [0.2, 0.25) is 5.02 Å². The van der Waals surface area contributed by atoms with E-state index in [9.17, 15) is 4.79 Å². The molecule has 0 radical (unpaired) electrons. The molecular formula is C22H22ClN3O. The summed E-state index contributed by atoms with van der Waals surface area (Å²) in [5.41, 5.74) is 3.25. The minimum atomic E-state index is -0.0342. The molecule has 0 aliphatic rings. The summed E-state index contributed by atoms with van der Waals surface area (Å²) >= 11 is 5.99. The Morgan fingerprint density at radius 2 is 1.74 bits per heavy atom. The van der Waals surface area contributed by atoms with E-state index in [1.807, 2.05) is 60.7 Å². The Morgan fingerprint density at radius 1 is 0.926 bits per heavy atom. The Kier molecular flexibility index (Phi) is 6.83. The fourth-order valence-electron chi connectivity index (χ4n) is 2.72. The highest BCUT2D eigenvalue weighted by Gasteiger charge is 2.04. The number of pyridine rings is 1. The monoisotopic (exact) mass is 379 g/mol. The first kappa shape index (κ1) is 18.9. The lowest BCUT2D eigenvalue weighted by Crippen LogP contribution is -2.13. The van der Waals surface area contributed by atoms with E-state index in [1.165, 1.54) is 5.56 Å². The molecule has 27 heavy (non-hydrogen) atoms. The molecule has 0 fully saturated rings. The lowest BCUT2D eigenvalue weighted by Gasteiger charge is -2.08. The van der Waals surface area contributed by atoms with Crippen molar-refractivity contribution < 1.29 is 4.79 Å². The van der Waals surface area contributed by atoms with Crippen LogP contribution >= 0.6 is 11.6 Å². The molecule has 0 spiro atoms. The molecule has 3 aromatic rings. The molecule has 0 atom stereocenters. The molecule has 2 N–H and O–H groups in total. The van der Waals surface area contributed by atoms with Crippen molar-refractivity contribution in [1.29, 1.82) is 0 Å². The molecule has 2 aromatic carbocycles. The highest BCUT2D eigenvalue weighted by atomic mass is 35.5. The first-order valence-corrected chi connectivity index (χ1v) is 9.35. The second-order valence-electron chi connectivity index (χ2n) is 6.27. The SMILES string of the molecule is O=C(CCc1ccccc1)Nc1ccc(NCCc2cccc(Cl)c2)cn1. The number of hydrogen-bond donors (Lipinski definition) is 2. The summed E-state index contributed by atoms with van der Waals surface area (Å²) in [5.74, 6) is 0.529. The zero-order chi connectivity index (χ0) is 18.9. The van der Waals surface area contributed by atoms with Crippen LogP contribution in [0.5, 0.6) is 0 Å². The number of benzene rings is 2. The standard InChI is InChI=1S/C22H22ClN3O/c23-19-8-4-7-18(15-19)13-14-24-20-10-11-21(25-16-20)26-22(27)12-9-17-5-2-1-3-6-17/h1-8,10-11,15-16,24H,9,12-14H2,(H,25,26,27). The second-order valence-corrected chi connectivity index (χ2v) is 6.71. The van der Waals surface area contributed by atoms with Crippen molar-refractivity contribution in [2.24, 2.45) is 0 Å². The summed E-state index contributed by atoms with van der Waals surface area (Å²) in [6, 6.07) is 21.5. The van der Waals surface area contributed by atoms with Crippen LogP contribution in [-0.2, 0) is 17.6 Å². The number of hydrogen-bond acceptors (Lipinski definition) is 3. The van der Waals surface area contributed by atoms with Crippen molar-refractivity contribution in [2.45, 2.75) is 19.3 Å². The smallest absolute Gasteiger partial charge is 0.225 e. The quantitative estimate of drug-likeness (QED) is 0.581. The average molecular weight is 380 g/mol. The van der Waals surface area contributed by atoms with Crippen LogP contribution in [0.25, 0.3) is 0 Å². The summed E-state index contributed by atoms with van der Waals surface area (Å²) in [6.45, 7) is 0.783. The zero-order valence-electron chi connectivity index (χ0n) is 15.0. The summed E-state index contributed by atoms with van der Waals surface area (Å²) in [5, 5.41) is 6.91. The van der Waals surface area contributed by atoms with Gasteiger partial charge in [0.15, 0.2) is 0 Å². The van der Waals surface area contributed by atoms with E-state index in [2.05, 4.69) is 21.7 Å². The van der Waals surface area contributed by atoms with Crippen LogP contribution in [0, 0.1) is 0 Å². The number of rotatable bonds is 8. The summed E-state index contributed by atoms with van der Waals surface area (Å²) in [6.07, 6.45) is 3.75. The Bertz CT molecular complexity index is 866. The molecule has 1 amide bonds. The molecular weight excluding hydrogens is 358 g/mol. The highest BCUT2D eigenvalue weighted by Crippen LogP contribution is 2.13. The van der Waals surface area contributed by atoms with Gasteiger partial charge in [-0.1, -0.05) is 54.1 Å². The van der Waals surface area contributed by atoms with Gasteiger partial charge >= 0.3 is 0 Å². The molecule has 4 nitrogen and oxygen atoms in total. The summed E-state index contributed by atoms with van der Waals surface area (Å²) in [7, 11) is 0. The van der Waals surface area contributed by atoms with Gasteiger partial charge < -0.3 is 10.6 Å². The highest BCUT2D eigenvalue weighted by molar-refractivity contribution is 6.30. The van der Waals surface area contributed by atoms with E-state index < -0.39 is 0 Å². The number of carbonyl (C=O) groups excluding carboxylic acids is 1. The van der Waals surface area contributed by atoms with Crippen LogP contribution in [0.3, 0.4) is 0 Å². The number of anilines is 2. The lowest BCUT2D eigenvalue weighted by atomic mass is 10.1. The lowest BCUT2D eigenvalue weighted by molar-refractivity contribution is -0.116. The van der Waals surface area contributed by atoms with Crippen LogP contribution < -0.4 is 10.6 Å². The molecule has 0 unspecified atom stereocenters. The van der Waals surface area contributed by atoms with Gasteiger partial charge in [0, 0.05) is 18.0 Å². The Labute approximate surface area is 164 Å². The molecule has 1 heterocycles. The first-order chi connectivity index (χ1) is 13.2. The predicted molar refractivity (Wildman–Crippen MR) is 111 cm³/mol. The van der Waals surface area contributed by atoms with Gasteiger partial charge in [0.25, 0.3) is 0 Å². The number of aromatic nitrogens is 1. The first-order valence-electron chi connectivity index (χ1n) is 8.97. The van der Waals surface area contributed by atoms with Gasteiger partial charge in [-0.05, 0) is 48.2 Å². The average Bonchev–Trinajstić information content (AvgIpc) is 2.69. The summed E-state index contributed by atoms with van der Waals surface area (Å²) < 4.78 is 0. The number of carbonyl (C=O) groups is 1. The Balaban J connectivity index is 1.42. The fourth-order valence-corrected chi connectivity index (χ4v) is 2.94. The molecule has 1 aromatic heterocycles. The minimum Gasteiger partial charge on any atom is -0.383 e. The van der Waals surface area contributed by atoms with Gasteiger partial charge in [-0.2, -0.15) is 0 Å². The molecule has 0 bridgehead atoms. The van der Waals surface area contributed by atoms with Crippen molar-refractivity contribution in [3.05, 3.63) is 89.1 Å². The second kappa shape index (κ2) is 9.74. The number of amides is 1. The predicted octanol–water partition coefficient (Wildman–Crippen LogP) is 4.96. The Morgan fingerprint density at radius 3 is 2.48 bits per heavy atom. The summed E-state index contributed by atoms with van der Waals surface area (Å²) in [4.78, 5) is 16.3. The normalized spacial score (nSPS) is 10.4. The third-order valence-corrected chi connectivity index (χ3v) is 4.38. The van der Waals surface area contributed by atoms with Gasteiger partial charge in [-0.25, -0.2) is 4.98 Å². The molecule has 0 aliphatic carbocycles. The maximum Gasteiger partial charge on any atom is 0.225 e. The van der Waals surface area contributed by atoms with Gasteiger partial charge in [-0.15, -0.1) is 0 Å².